The average Bonchev–Trinajstić information content (AvgIpc) is 3.37. The molecule has 0 spiro atoms. The number of benzene rings is 4. The number of anilines is 1. The molecule has 4 nitrogen and oxygen atoms in total. The maximum atomic E-state index is 13.1. The second-order valence-corrected chi connectivity index (χ2v) is 9.23. The van der Waals surface area contributed by atoms with E-state index in [-0.39, 0.29) is 17.9 Å². The van der Waals surface area contributed by atoms with Gasteiger partial charge >= 0.3 is 0 Å². The maximum Gasteiger partial charge on any atom is 0.253 e. The standard InChI is InChI=1S/C30H28N2O2/c1-34-17-16-31-30(33)26-15-7-13-24-23-12-6-14-25(23)29(32-28(24)26)27-21-10-4-2-8-19(21)18-20-9-3-5-11-22(20)27/h2-13,15,18,23,25,29,32H,14,16-17H2,1H3,(H,31,33). The molecule has 2 aliphatic rings. The summed E-state index contributed by atoms with van der Waals surface area (Å²) in [5.41, 5.74) is 4.18. The summed E-state index contributed by atoms with van der Waals surface area (Å²) in [5, 5.41) is 11.9. The predicted octanol–water partition coefficient (Wildman–Crippen LogP) is 6.20. The van der Waals surface area contributed by atoms with E-state index in [0.717, 1.165) is 12.1 Å². The van der Waals surface area contributed by atoms with Crippen molar-refractivity contribution in [1.29, 1.82) is 0 Å². The summed E-state index contributed by atoms with van der Waals surface area (Å²) in [4.78, 5) is 13.1. The summed E-state index contributed by atoms with van der Waals surface area (Å²) in [6.45, 7) is 0.981. The fraction of sp³-hybridized carbons (Fsp3) is 0.233. The molecule has 0 saturated heterocycles. The van der Waals surface area contributed by atoms with Gasteiger partial charge < -0.3 is 15.4 Å². The largest absolute Gasteiger partial charge is 0.383 e. The Bertz CT molecular complexity index is 1370. The zero-order chi connectivity index (χ0) is 23.1. The van der Waals surface area contributed by atoms with Crippen LogP contribution in [0.15, 0.2) is 84.9 Å². The third-order valence-electron chi connectivity index (χ3n) is 7.36. The van der Waals surface area contributed by atoms with Crippen molar-refractivity contribution in [2.75, 3.05) is 25.6 Å². The quantitative estimate of drug-likeness (QED) is 0.217. The van der Waals surface area contributed by atoms with Crippen LogP contribution in [0.1, 0.15) is 39.9 Å². The van der Waals surface area contributed by atoms with Crippen LogP contribution in [0.4, 0.5) is 5.69 Å². The van der Waals surface area contributed by atoms with Crippen molar-refractivity contribution in [2.24, 2.45) is 5.92 Å². The van der Waals surface area contributed by atoms with Crippen molar-refractivity contribution in [3.63, 3.8) is 0 Å². The van der Waals surface area contributed by atoms with Crippen LogP contribution in [-0.4, -0.2) is 26.2 Å². The van der Waals surface area contributed by atoms with Crippen molar-refractivity contribution in [3.05, 3.63) is 102 Å². The molecule has 1 amide bonds. The Morgan fingerprint density at radius 2 is 1.74 bits per heavy atom. The van der Waals surface area contributed by atoms with Crippen molar-refractivity contribution >= 4 is 33.1 Å². The highest BCUT2D eigenvalue weighted by Crippen LogP contribution is 2.52. The number of ether oxygens (including phenoxy) is 1. The average molecular weight is 449 g/mol. The molecule has 1 aliphatic heterocycles. The number of amides is 1. The van der Waals surface area contributed by atoms with Crippen LogP contribution in [0.5, 0.6) is 0 Å². The van der Waals surface area contributed by atoms with Gasteiger partial charge in [0.15, 0.2) is 0 Å². The van der Waals surface area contributed by atoms with Crippen LogP contribution in [0, 0.1) is 5.92 Å². The molecular formula is C30H28N2O2. The van der Waals surface area contributed by atoms with E-state index in [4.69, 9.17) is 4.74 Å². The van der Waals surface area contributed by atoms with E-state index >= 15 is 0 Å². The number of para-hydroxylation sites is 1. The Kier molecular flexibility index (Phi) is 5.31. The summed E-state index contributed by atoms with van der Waals surface area (Å²) in [7, 11) is 1.64. The molecule has 3 atom stereocenters. The SMILES string of the molecule is COCCNC(=O)c1cccc2c1NC(c1c3ccccc3cc3ccccc13)C1CC=CC21. The number of allylic oxidation sites excluding steroid dienone is 2. The normalized spacial score (nSPS) is 20.7. The zero-order valence-electron chi connectivity index (χ0n) is 19.3. The van der Waals surface area contributed by atoms with Crippen LogP contribution < -0.4 is 10.6 Å². The molecule has 0 bridgehead atoms. The van der Waals surface area contributed by atoms with Crippen LogP contribution in [0.3, 0.4) is 0 Å². The highest BCUT2D eigenvalue weighted by atomic mass is 16.5. The third kappa shape index (κ3) is 3.37. The maximum absolute atomic E-state index is 13.1. The van der Waals surface area contributed by atoms with Crippen molar-refractivity contribution in [3.8, 4) is 0 Å². The fourth-order valence-corrected chi connectivity index (χ4v) is 5.84. The second kappa shape index (κ2) is 8.62. The van der Waals surface area contributed by atoms with Crippen molar-refractivity contribution in [2.45, 2.75) is 18.4 Å². The number of carbonyl (C=O) groups excluding carboxylic acids is 1. The van der Waals surface area contributed by atoms with Gasteiger partial charge in [0.1, 0.15) is 0 Å². The van der Waals surface area contributed by atoms with E-state index in [9.17, 15) is 4.79 Å². The molecular weight excluding hydrogens is 420 g/mol. The molecule has 1 aliphatic carbocycles. The highest BCUT2D eigenvalue weighted by molar-refractivity contribution is 6.04. The minimum atomic E-state index is -0.0663. The number of hydrogen-bond acceptors (Lipinski definition) is 3. The molecule has 0 radical (unpaired) electrons. The smallest absolute Gasteiger partial charge is 0.253 e. The van der Waals surface area contributed by atoms with E-state index in [1.54, 1.807) is 7.11 Å². The van der Waals surface area contributed by atoms with Crippen molar-refractivity contribution < 1.29 is 9.53 Å². The lowest BCUT2D eigenvalue weighted by Gasteiger charge is -2.39. The summed E-state index contributed by atoms with van der Waals surface area (Å²) in [6.07, 6.45) is 5.65. The fourth-order valence-electron chi connectivity index (χ4n) is 5.84. The lowest BCUT2D eigenvalue weighted by molar-refractivity contribution is 0.0937. The molecule has 170 valence electrons. The molecule has 6 rings (SSSR count). The van der Waals surface area contributed by atoms with E-state index in [1.807, 2.05) is 12.1 Å². The minimum Gasteiger partial charge on any atom is -0.383 e. The van der Waals surface area contributed by atoms with E-state index in [0.29, 0.717) is 24.6 Å². The summed E-state index contributed by atoms with van der Waals surface area (Å²) >= 11 is 0. The number of rotatable bonds is 5. The molecule has 4 heteroatoms. The zero-order valence-corrected chi connectivity index (χ0v) is 19.3. The molecule has 3 unspecified atom stereocenters. The van der Waals surface area contributed by atoms with Gasteiger partial charge in [0.2, 0.25) is 0 Å². The Morgan fingerprint density at radius 1 is 1.00 bits per heavy atom. The second-order valence-electron chi connectivity index (χ2n) is 9.23. The first-order chi connectivity index (χ1) is 16.8. The Labute approximate surface area is 199 Å². The van der Waals surface area contributed by atoms with Crippen LogP contribution in [-0.2, 0) is 4.74 Å². The number of methoxy groups -OCH3 is 1. The Morgan fingerprint density at radius 3 is 2.47 bits per heavy atom. The topological polar surface area (TPSA) is 50.4 Å². The van der Waals surface area contributed by atoms with Gasteiger partial charge in [-0.15, -0.1) is 0 Å². The van der Waals surface area contributed by atoms with Gasteiger partial charge in [0, 0.05) is 19.6 Å². The van der Waals surface area contributed by atoms with Gasteiger partial charge in [-0.05, 0) is 57.1 Å². The van der Waals surface area contributed by atoms with Gasteiger partial charge in [-0.1, -0.05) is 72.8 Å². The number of carbonyl (C=O) groups is 1. The molecule has 34 heavy (non-hydrogen) atoms. The molecule has 2 N–H and O–H groups in total. The van der Waals surface area contributed by atoms with Gasteiger partial charge in [-0.25, -0.2) is 0 Å². The number of hydrogen-bond donors (Lipinski definition) is 2. The predicted molar refractivity (Wildman–Crippen MR) is 138 cm³/mol. The first kappa shape index (κ1) is 20.9. The van der Waals surface area contributed by atoms with Gasteiger partial charge in [0.25, 0.3) is 5.91 Å². The molecule has 0 saturated carbocycles. The van der Waals surface area contributed by atoms with Gasteiger partial charge in [-0.2, -0.15) is 0 Å². The van der Waals surface area contributed by atoms with Crippen molar-refractivity contribution in [1.82, 2.24) is 5.32 Å². The monoisotopic (exact) mass is 448 g/mol. The molecule has 4 aromatic carbocycles. The number of nitrogens with one attached hydrogen (secondary N) is 2. The molecule has 0 fully saturated rings. The lowest BCUT2D eigenvalue weighted by Crippen LogP contribution is -2.33. The van der Waals surface area contributed by atoms with Crippen LogP contribution in [0.25, 0.3) is 21.5 Å². The van der Waals surface area contributed by atoms with Crippen LogP contribution in [0.2, 0.25) is 0 Å². The summed E-state index contributed by atoms with van der Waals surface area (Å²) in [5.74, 6) is 0.613. The molecule has 4 aromatic rings. The Balaban J connectivity index is 1.52. The number of fused-ring (bicyclic) bond motifs is 5. The van der Waals surface area contributed by atoms with E-state index in [1.165, 1.54) is 32.7 Å². The lowest BCUT2D eigenvalue weighted by atomic mass is 9.74. The first-order valence-corrected chi connectivity index (χ1v) is 12.0. The van der Waals surface area contributed by atoms with Crippen LogP contribution >= 0.6 is 0 Å². The van der Waals surface area contributed by atoms with E-state index in [2.05, 4.69) is 83.4 Å². The molecule has 1 heterocycles. The molecule has 0 aromatic heterocycles. The highest BCUT2D eigenvalue weighted by Gasteiger charge is 2.40. The van der Waals surface area contributed by atoms with Gasteiger partial charge in [0.05, 0.1) is 23.9 Å². The first-order valence-electron chi connectivity index (χ1n) is 12.0. The summed E-state index contributed by atoms with van der Waals surface area (Å²) in [6, 6.07) is 25.8. The van der Waals surface area contributed by atoms with Gasteiger partial charge in [-0.3, -0.25) is 4.79 Å². The third-order valence-corrected chi connectivity index (χ3v) is 7.36. The minimum absolute atomic E-state index is 0.0663. The van der Waals surface area contributed by atoms with E-state index < -0.39 is 0 Å². The summed E-state index contributed by atoms with van der Waals surface area (Å²) < 4.78 is 5.11. The Hall–Kier alpha value is -3.63.